The lowest BCUT2D eigenvalue weighted by atomic mass is 9.92. The lowest BCUT2D eigenvalue weighted by Gasteiger charge is -2.21. The number of nitrogens with one attached hydrogen (secondary N) is 1. The van der Waals surface area contributed by atoms with Crippen LogP contribution in [-0.4, -0.2) is 69.6 Å². The number of nitrogens with zero attached hydrogens (tertiary/aromatic N) is 4. The van der Waals surface area contributed by atoms with Gasteiger partial charge in [0, 0.05) is 37.8 Å². The molecule has 1 N–H and O–H groups in total. The van der Waals surface area contributed by atoms with Crippen LogP contribution < -0.4 is 4.74 Å². The normalized spacial score (nSPS) is 20.5. The van der Waals surface area contributed by atoms with Gasteiger partial charge in [-0.05, 0) is 66.6 Å². The fourth-order valence-electron chi connectivity index (χ4n) is 4.98. The highest BCUT2D eigenvalue weighted by Gasteiger charge is 2.37. The van der Waals surface area contributed by atoms with E-state index in [-0.39, 0.29) is 17.6 Å². The molecular weight excluding hydrogens is 475 g/mol. The van der Waals surface area contributed by atoms with Crippen LogP contribution in [-0.2, 0) is 4.79 Å². The number of aromatic amines is 1. The monoisotopic (exact) mass is 499 g/mol. The summed E-state index contributed by atoms with van der Waals surface area (Å²) in [5.41, 5.74) is 2.38. The lowest BCUT2D eigenvalue weighted by molar-refractivity contribution is -0.274. The highest BCUT2D eigenvalue weighted by molar-refractivity contribution is 5.97. The third-order valence-corrected chi connectivity index (χ3v) is 6.79. The number of aromatic nitrogens is 3. The number of ether oxygens (including phenoxy) is 1. The largest absolute Gasteiger partial charge is 0.573 e. The van der Waals surface area contributed by atoms with E-state index in [9.17, 15) is 22.8 Å². The number of halogens is 3. The Morgan fingerprint density at radius 3 is 2.42 bits per heavy atom. The van der Waals surface area contributed by atoms with Crippen LogP contribution in [0.1, 0.15) is 28.8 Å². The zero-order chi connectivity index (χ0) is 25.3. The summed E-state index contributed by atoms with van der Waals surface area (Å²) in [6.45, 7) is 2.41. The Balaban J connectivity index is 1.17. The van der Waals surface area contributed by atoms with Gasteiger partial charge in [-0.25, -0.2) is 0 Å². The highest BCUT2D eigenvalue weighted by Crippen LogP contribution is 2.33. The van der Waals surface area contributed by atoms with Crippen LogP contribution in [0.5, 0.6) is 5.75 Å². The third-order valence-electron chi connectivity index (χ3n) is 6.79. The molecule has 2 atom stereocenters. The van der Waals surface area contributed by atoms with Crippen molar-refractivity contribution in [1.29, 1.82) is 0 Å². The number of H-pyrrole nitrogens is 1. The maximum Gasteiger partial charge on any atom is 0.573 e. The third kappa shape index (κ3) is 5.34. The Labute approximate surface area is 204 Å². The number of carbonyl (C=O) groups is 2. The lowest BCUT2D eigenvalue weighted by Crippen LogP contribution is -2.33. The summed E-state index contributed by atoms with van der Waals surface area (Å²) in [5.74, 6) is 0.0664. The smallest absolute Gasteiger partial charge is 0.406 e. The van der Waals surface area contributed by atoms with E-state index in [1.54, 1.807) is 29.2 Å². The fraction of sp³-hybridized carbons (Fsp3) is 0.360. The maximum absolute atomic E-state index is 13.1. The number of fused-ring (bicyclic) bond motifs is 2. The molecule has 2 aliphatic heterocycles. The number of rotatable bonds is 4. The zero-order valence-corrected chi connectivity index (χ0v) is 19.2. The van der Waals surface area contributed by atoms with Crippen LogP contribution in [0.25, 0.3) is 17.1 Å². The first-order valence-electron chi connectivity index (χ1n) is 11.7. The number of carbonyl (C=O) groups excluding carboxylic acids is 2. The Hall–Kier alpha value is -3.89. The first-order valence-corrected chi connectivity index (χ1v) is 11.7. The van der Waals surface area contributed by atoms with E-state index in [1.807, 2.05) is 4.90 Å². The maximum atomic E-state index is 13.1. The molecule has 0 spiro atoms. The van der Waals surface area contributed by atoms with Gasteiger partial charge in [0.25, 0.3) is 5.91 Å². The second-order valence-electron chi connectivity index (χ2n) is 9.11. The molecule has 36 heavy (non-hydrogen) atoms. The van der Waals surface area contributed by atoms with Crippen molar-refractivity contribution in [3.8, 4) is 5.75 Å². The molecule has 2 saturated heterocycles. The molecular formula is C25H24F3N5O3. The van der Waals surface area contributed by atoms with E-state index in [2.05, 4.69) is 20.1 Å². The molecule has 0 saturated carbocycles. The molecule has 2 unspecified atom stereocenters. The minimum atomic E-state index is -4.77. The van der Waals surface area contributed by atoms with Crippen LogP contribution in [0.2, 0.25) is 0 Å². The highest BCUT2D eigenvalue weighted by atomic mass is 19.4. The molecule has 8 nitrogen and oxygen atoms in total. The summed E-state index contributed by atoms with van der Waals surface area (Å²) < 4.78 is 41.2. The van der Waals surface area contributed by atoms with Crippen LogP contribution in [0.3, 0.4) is 0 Å². The first kappa shape index (κ1) is 23.8. The van der Waals surface area contributed by atoms with Crippen molar-refractivity contribution in [3.63, 3.8) is 0 Å². The Morgan fingerprint density at radius 2 is 1.69 bits per heavy atom. The second-order valence-corrected chi connectivity index (χ2v) is 9.11. The van der Waals surface area contributed by atoms with E-state index >= 15 is 0 Å². The van der Waals surface area contributed by atoms with Crippen molar-refractivity contribution in [2.45, 2.75) is 19.2 Å². The summed E-state index contributed by atoms with van der Waals surface area (Å²) in [6.07, 6.45) is -0.337. The van der Waals surface area contributed by atoms with Gasteiger partial charge >= 0.3 is 6.36 Å². The predicted octanol–water partition coefficient (Wildman–Crippen LogP) is 3.88. The summed E-state index contributed by atoms with van der Waals surface area (Å²) >= 11 is 0. The summed E-state index contributed by atoms with van der Waals surface area (Å²) in [4.78, 5) is 29.4. The van der Waals surface area contributed by atoms with Crippen molar-refractivity contribution < 1.29 is 27.5 Å². The number of amides is 2. The minimum Gasteiger partial charge on any atom is -0.406 e. The van der Waals surface area contributed by atoms with E-state index in [4.69, 9.17) is 0 Å². The van der Waals surface area contributed by atoms with Crippen LogP contribution >= 0.6 is 0 Å². The molecule has 5 rings (SSSR count). The molecule has 2 aromatic carbocycles. The van der Waals surface area contributed by atoms with Gasteiger partial charge in [0.15, 0.2) is 0 Å². The number of benzene rings is 2. The Bertz CT molecular complexity index is 1290. The van der Waals surface area contributed by atoms with Crippen LogP contribution in [0, 0.1) is 11.8 Å². The van der Waals surface area contributed by atoms with Gasteiger partial charge in [-0.2, -0.15) is 15.4 Å². The minimum absolute atomic E-state index is 0.0272. The van der Waals surface area contributed by atoms with Crippen LogP contribution in [0.4, 0.5) is 13.2 Å². The van der Waals surface area contributed by atoms with Crippen molar-refractivity contribution in [2.75, 3.05) is 26.2 Å². The van der Waals surface area contributed by atoms with E-state index < -0.39 is 6.36 Å². The van der Waals surface area contributed by atoms with Gasteiger partial charge in [-0.3, -0.25) is 9.59 Å². The van der Waals surface area contributed by atoms with Crippen molar-refractivity contribution in [2.24, 2.45) is 11.8 Å². The SMILES string of the molecule is O=C(/C=C/c1cccc(OC(F)(F)F)c1)N1CCC2CN(C(=O)c3ccc4n[nH]nc4c3)CC2CC1. The standard InChI is InChI=1S/C25H24F3N5O3/c26-25(27,28)36-20-3-1-2-16(12-20)4-7-23(34)32-10-8-18-14-33(15-19(18)9-11-32)24(35)17-5-6-21-22(13-17)30-31-29-21/h1-7,12-13,18-19H,8-11,14-15H2,(H,29,30,31)/b7-4+. The average molecular weight is 499 g/mol. The molecule has 2 amide bonds. The number of likely N-dealkylation sites (tertiary alicyclic amines) is 2. The van der Waals surface area contributed by atoms with E-state index in [0.717, 1.165) is 12.8 Å². The summed E-state index contributed by atoms with van der Waals surface area (Å²) in [7, 11) is 0. The van der Waals surface area contributed by atoms with Crippen LogP contribution in [0.15, 0.2) is 48.5 Å². The molecule has 188 valence electrons. The molecule has 2 fully saturated rings. The predicted molar refractivity (Wildman–Crippen MR) is 125 cm³/mol. The number of hydrogen-bond donors (Lipinski definition) is 1. The van der Waals surface area contributed by atoms with Crippen molar-refractivity contribution in [1.82, 2.24) is 25.2 Å². The second kappa shape index (κ2) is 9.63. The molecule has 1 aromatic heterocycles. The Morgan fingerprint density at radius 1 is 0.972 bits per heavy atom. The quantitative estimate of drug-likeness (QED) is 0.551. The van der Waals surface area contributed by atoms with Crippen molar-refractivity contribution in [3.05, 3.63) is 59.7 Å². The zero-order valence-electron chi connectivity index (χ0n) is 19.2. The molecule has 11 heteroatoms. The fourth-order valence-corrected chi connectivity index (χ4v) is 4.98. The number of alkyl halides is 3. The van der Waals surface area contributed by atoms with Gasteiger partial charge in [0.05, 0.1) is 0 Å². The van der Waals surface area contributed by atoms with Gasteiger partial charge in [-0.15, -0.1) is 13.2 Å². The Kier molecular flexibility index (Phi) is 6.38. The molecule has 0 bridgehead atoms. The molecule has 2 aliphatic rings. The topological polar surface area (TPSA) is 91.4 Å². The molecule has 0 radical (unpaired) electrons. The van der Waals surface area contributed by atoms with Gasteiger partial charge in [0.2, 0.25) is 5.91 Å². The first-order chi connectivity index (χ1) is 17.2. The summed E-state index contributed by atoms with van der Waals surface area (Å²) in [5, 5.41) is 10.6. The van der Waals surface area contributed by atoms with Crippen molar-refractivity contribution >= 4 is 28.9 Å². The van der Waals surface area contributed by atoms with Gasteiger partial charge in [0.1, 0.15) is 16.8 Å². The van der Waals surface area contributed by atoms with E-state index in [0.29, 0.717) is 60.2 Å². The molecule has 0 aliphatic carbocycles. The summed E-state index contributed by atoms with van der Waals surface area (Å²) in [6, 6.07) is 10.8. The van der Waals surface area contributed by atoms with Gasteiger partial charge in [-0.1, -0.05) is 12.1 Å². The van der Waals surface area contributed by atoms with E-state index in [1.165, 1.54) is 30.4 Å². The molecule has 3 aromatic rings. The average Bonchev–Trinajstić information content (AvgIpc) is 3.43. The number of hydrogen-bond acceptors (Lipinski definition) is 5. The van der Waals surface area contributed by atoms with Gasteiger partial charge < -0.3 is 14.5 Å². The molecule has 3 heterocycles.